The van der Waals surface area contributed by atoms with Gasteiger partial charge in [-0.25, -0.2) is 4.79 Å². The van der Waals surface area contributed by atoms with Gasteiger partial charge < -0.3 is 20.4 Å². The highest BCUT2D eigenvalue weighted by Crippen LogP contribution is 2.18. The fourth-order valence-corrected chi connectivity index (χ4v) is 2.08. The number of hydrogen-bond donors (Lipinski definition) is 3. The number of likely N-dealkylation sites (tertiary alicyclic amines) is 1. The third-order valence-corrected chi connectivity index (χ3v) is 3.62. The Morgan fingerprint density at radius 1 is 1.42 bits per heavy atom. The van der Waals surface area contributed by atoms with E-state index in [9.17, 15) is 14.7 Å². The quantitative estimate of drug-likeness (QED) is 0.713. The predicted octanol–water partition coefficient (Wildman–Crippen LogP) is 1.04. The minimum absolute atomic E-state index is 0.0208. The fraction of sp³-hybridized carbons (Fsp3) is 0.846. The van der Waals surface area contributed by atoms with Gasteiger partial charge in [0.25, 0.3) is 0 Å². The van der Waals surface area contributed by atoms with E-state index in [1.165, 1.54) is 0 Å². The molecule has 19 heavy (non-hydrogen) atoms. The Hall–Kier alpha value is -1.30. The van der Waals surface area contributed by atoms with E-state index in [4.69, 9.17) is 5.11 Å². The van der Waals surface area contributed by atoms with Gasteiger partial charge in [-0.3, -0.25) is 4.79 Å². The van der Waals surface area contributed by atoms with Gasteiger partial charge in [0.1, 0.15) is 0 Å². The number of aliphatic hydroxyl groups is 1. The summed E-state index contributed by atoms with van der Waals surface area (Å²) < 4.78 is 0. The van der Waals surface area contributed by atoms with Crippen molar-refractivity contribution in [3.63, 3.8) is 0 Å². The number of rotatable bonds is 4. The highest BCUT2D eigenvalue weighted by Gasteiger charge is 2.30. The van der Waals surface area contributed by atoms with Crippen molar-refractivity contribution in [2.24, 2.45) is 5.92 Å². The minimum atomic E-state index is -0.871. The highest BCUT2D eigenvalue weighted by molar-refractivity contribution is 5.75. The van der Waals surface area contributed by atoms with E-state index in [1.807, 2.05) is 6.92 Å². The number of carboxylic acid groups (broad SMARTS) is 1. The zero-order valence-electron chi connectivity index (χ0n) is 11.8. The van der Waals surface area contributed by atoms with Gasteiger partial charge in [0.05, 0.1) is 6.10 Å². The molecule has 3 N–H and O–H groups in total. The summed E-state index contributed by atoms with van der Waals surface area (Å²) in [4.78, 5) is 24.2. The predicted molar refractivity (Wildman–Crippen MR) is 70.8 cm³/mol. The molecule has 0 aromatic heterocycles. The van der Waals surface area contributed by atoms with Crippen molar-refractivity contribution in [3.8, 4) is 0 Å². The first-order chi connectivity index (χ1) is 8.71. The molecule has 6 nitrogen and oxygen atoms in total. The van der Waals surface area contributed by atoms with Gasteiger partial charge in [-0.05, 0) is 32.6 Å². The second kappa shape index (κ2) is 6.23. The van der Waals surface area contributed by atoms with Crippen LogP contribution in [0.3, 0.4) is 0 Å². The van der Waals surface area contributed by atoms with Crippen molar-refractivity contribution in [1.29, 1.82) is 0 Å². The van der Waals surface area contributed by atoms with Crippen LogP contribution in [0.15, 0.2) is 0 Å². The Balaban J connectivity index is 2.47. The molecule has 0 aromatic rings. The molecule has 0 saturated carbocycles. The number of aliphatic hydroxyl groups excluding tert-OH is 1. The molecule has 1 fully saturated rings. The number of urea groups is 1. The van der Waals surface area contributed by atoms with Crippen molar-refractivity contribution in [1.82, 2.24) is 10.2 Å². The SMILES string of the molecule is CC1CCN(C(=O)NC(C)(C)CCC(=O)O)CC1O. The number of hydrogen-bond acceptors (Lipinski definition) is 3. The summed E-state index contributed by atoms with van der Waals surface area (Å²) in [5.74, 6) is -0.659. The molecule has 0 spiro atoms. The zero-order valence-corrected chi connectivity index (χ0v) is 11.8. The maximum absolute atomic E-state index is 12.1. The summed E-state index contributed by atoms with van der Waals surface area (Å²) in [6, 6.07) is -0.235. The van der Waals surface area contributed by atoms with Crippen LogP contribution >= 0.6 is 0 Å². The molecule has 0 radical (unpaired) electrons. The Bertz CT molecular complexity index is 344. The van der Waals surface area contributed by atoms with Crippen LogP contribution in [0.25, 0.3) is 0 Å². The summed E-state index contributed by atoms with van der Waals surface area (Å²) in [6.07, 6.45) is 0.694. The molecular weight excluding hydrogens is 248 g/mol. The molecule has 1 rings (SSSR count). The summed E-state index contributed by atoms with van der Waals surface area (Å²) in [6.45, 7) is 6.53. The van der Waals surface area contributed by atoms with Crippen molar-refractivity contribution >= 4 is 12.0 Å². The Morgan fingerprint density at radius 3 is 2.58 bits per heavy atom. The van der Waals surface area contributed by atoms with E-state index in [0.29, 0.717) is 19.5 Å². The van der Waals surface area contributed by atoms with Crippen LogP contribution in [0.1, 0.15) is 40.0 Å². The normalized spacial score (nSPS) is 24.1. The monoisotopic (exact) mass is 272 g/mol. The topological polar surface area (TPSA) is 89.9 Å². The van der Waals surface area contributed by atoms with E-state index >= 15 is 0 Å². The third kappa shape index (κ3) is 5.06. The number of nitrogens with zero attached hydrogens (tertiary/aromatic N) is 1. The second-order valence-corrected chi connectivity index (χ2v) is 5.99. The number of amides is 2. The first-order valence-electron chi connectivity index (χ1n) is 6.68. The number of nitrogens with one attached hydrogen (secondary N) is 1. The first kappa shape index (κ1) is 15.8. The smallest absolute Gasteiger partial charge is 0.317 e. The van der Waals surface area contributed by atoms with Crippen LogP contribution in [-0.4, -0.2) is 51.8 Å². The number of carboxylic acids is 1. The van der Waals surface area contributed by atoms with Crippen LogP contribution in [0.5, 0.6) is 0 Å². The lowest BCUT2D eigenvalue weighted by molar-refractivity contribution is -0.137. The van der Waals surface area contributed by atoms with Crippen LogP contribution in [0.2, 0.25) is 0 Å². The lowest BCUT2D eigenvalue weighted by atomic mass is 9.96. The Kier molecular flexibility index (Phi) is 5.17. The number of carbonyl (C=O) groups is 2. The molecule has 0 aliphatic carbocycles. The number of aliphatic carboxylic acids is 1. The standard InChI is InChI=1S/C13H24N2O4/c1-9-5-7-15(8-10(9)16)12(19)14-13(2,3)6-4-11(17)18/h9-10,16H,4-8H2,1-3H3,(H,14,19)(H,17,18). The Morgan fingerprint density at radius 2 is 2.05 bits per heavy atom. The molecule has 1 aliphatic rings. The largest absolute Gasteiger partial charge is 0.481 e. The second-order valence-electron chi connectivity index (χ2n) is 5.99. The lowest BCUT2D eigenvalue weighted by Crippen LogP contribution is -2.54. The average Bonchev–Trinajstić information content (AvgIpc) is 2.29. The molecule has 2 unspecified atom stereocenters. The van der Waals surface area contributed by atoms with E-state index in [2.05, 4.69) is 5.32 Å². The molecule has 1 heterocycles. The van der Waals surface area contributed by atoms with Crippen molar-refractivity contribution in [2.75, 3.05) is 13.1 Å². The van der Waals surface area contributed by atoms with Crippen LogP contribution in [0, 0.1) is 5.92 Å². The van der Waals surface area contributed by atoms with Crippen LogP contribution < -0.4 is 5.32 Å². The van der Waals surface area contributed by atoms with E-state index in [-0.39, 0.29) is 18.4 Å². The molecule has 6 heteroatoms. The number of piperidine rings is 1. The van der Waals surface area contributed by atoms with Crippen molar-refractivity contribution in [2.45, 2.75) is 51.7 Å². The van der Waals surface area contributed by atoms with Gasteiger partial charge in [-0.1, -0.05) is 6.92 Å². The van der Waals surface area contributed by atoms with Crippen molar-refractivity contribution < 1.29 is 19.8 Å². The van der Waals surface area contributed by atoms with Gasteiger partial charge in [-0.2, -0.15) is 0 Å². The van der Waals surface area contributed by atoms with Crippen LogP contribution in [0.4, 0.5) is 4.79 Å². The van der Waals surface area contributed by atoms with Crippen molar-refractivity contribution in [3.05, 3.63) is 0 Å². The number of β-amino-alcohol motifs (C(OH)–C–C–N with tert-alkyl or cyclic N) is 1. The highest BCUT2D eigenvalue weighted by atomic mass is 16.4. The maximum Gasteiger partial charge on any atom is 0.317 e. The summed E-state index contributed by atoms with van der Waals surface area (Å²) in [7, 11) is 0. The fourth-order valence-electron chi connectivity index (χ4n) is 2.08. The minimum Gasteiger partial charge on any atom is -0.481 e. The average molecular weight is 272 g/mol. The van der Waals surface area contributed by atoms with Gasteiger partial charge >= 0.3 is 12.0 Å². The molecular formula is C13H24N2O4. The maximum atomic E-state index is 12.1. The lowest BCUT2D eigenvalue weighted by Gasteiger charge is -2.36. The molecule has 2 atom stereocenters. The van der Waals surface area contributed by atoms with Gasteiger partial charge in [0.2, 0.25) is 0 Å². The summed E-state index contributed by atoms with van der Waals surface area (Å²) in [5, 5.41) is 21.3. The molecule has 0 aromatic carbocycles. The molecule has 2 amide bonds. The van der Waals surface area contributed by atoms with Gasteiger partial charge in [0.15, 0.2) is 0 Å². The molecule has 110 valence electrons. The van der Waals surface area contributed by atoms with Crippen LogP contribution in [-0.2, 0) is 4.79 Å². The van der Waals surface area contributed by atoms with E-state index in [0.717, 1.165) is 6.42 Å². The third-order valence-electron chi connectivity index (χ3n) is 3.62. The van der Waals surface area contributed by atoms with E-state index in [1.54, 1.807) is 18.7 Å². The van der Waals surface area contributed by atoms with Gasteiger partial charge in [-0.15, -0.1) is 0 Å². The zero-order chi connectivity index (χ0) is 14.6. The van der Waals surface area contributed by atoms with Gasteiger partial charge in [0, 0.05) is 25.0 Å². The molecule has 1 saturated heterocycles. The Labute approximate surface area is 113 Å². The molecule has 0 bridgehead atoms. The number of carbonyl (C=O) groups excluding carboxylic acids is 1. The first-order valence-corrected chi connectivity index (χ1v) is 6.68. The van der Waals surface area contributed by atoms with E-state index < -0.39 is 17.6 Å². The molecule has 1 aliphatic heterocycles. The summed E-state index contributed by atoms with van der Waals surface area (Å²) in [5.41, 5.74) is -0.566. The summed E-state index contributed by atoms with van der Waals surface area (Å²) >= 11 is 0.